The Morgan fingerprint density at radius 1 is 1.26 bits per heavy atom. The molecule has 19 heavy (non-hydrogen) atoms. The van der Waals surface area contributed by atoms with Gasteiger partial charge in [0.2, 0.25) is 0 Å². The van der Waals surface area contributed by atoms with Gasteiger partial charge < -0.3 is 19.1 Å². The number of carbonyl (C=O) groups is 1. The van der Waals surface area contributed by atoms with E-state index in [4.69, 9.17) is 4.74 Å². The second-order valence-corrected chi connectivity index (χ2v) is 5.07. The Labute approximate surface area is 114 Å². The maximum Gasteiger partial charge on any atom is 0.340 e. The Morgan fingerprint density at radius 2 is 1.89 bits per heavy atom. The third kappa shape index (κ3) is 2.76. The lowest BCUT2D eigenvalue weighted by Gasteiger charge is -2.34. The van der Waals surface area contributed by atoms with Gasteiger partial charge in [-0.1, -0.05) is 0 Å². The van der Waals surface area contributed by atoms with Gasteiger partial charge in [-0.15, -0.1) is 0 Å². The van der Waals surface area contributed by atoms with Crippen molar-refractivity contribution in [1.29, 1.82) is 0 Å². The van der Waals surface area contributed by atoms with Crippen LogP contribution in [0.3, 0.4) is 0 Å². The predicted octanol–water partition coefficient (Wildman–Crippen LogP) is 1.26. The Hall–Kier alpha value is -1.49. The molecular formula is C14H23N3O2. The minimum atomic E-state index is -0.226. The van der Waals surface area contributed by atoms with Gasteiger partial charge in [0.05, 0.1) is 12.2 Å². The van der Waals surface area contributed by atoms with Crippen LogP contribution in [0.1, 0.15) is 23.0 Å². The third-order valence-corrected chi connectivity index (χ3v) is 3.83. The molecule has 0 aliphatic carbocycles. The quantitative estimate of drug-likeness (QED) is 0.771. The van der Waals surface area contributed by atoms with E-state index in [1.165, 1.54) is 0 Å². The second-order valence-electron chi connectivity index (χ2n) is 5.07. The van der Waals surface area contributed by atoms with E-state index in [1.807, 2.05) is 27.0 Å². The number of hydrogen-bond acceptors (Lipinski definition) is 4. The minimum absolute atomic E-state index is 0.226. The molecule has 106 valence electrons. The fourth-order valence-electron chi connectivity index (χ4n) is 2.44. The zero-order valence-corrected chi connectivity index (χ0v) is 12.3. The average Bonchev–Trinajstić information content (AvgIpc) is 2.68. The first-order valence-corrected chi connectivity index (χ1v) is 6.81. The van der Waals surface area contributed by atoms with Gasteiger partial charge in [0.1, 0.15) is 5.82 Å². The number of hydrogen-bond donors (Lipinski definition) is 0. The number of piperazine rings is 1. The number of esters is 1. The summed E-state index contributed by atoms with van der Waals surface area (Å²) in [6.07, 6.45) is 0. The van der Waals surface area contributed by atoms with Crippen LogP contribution in [0.15, 0.2) is 6.07 Å². The van der Waals surface area contributed by atoms with Crippen LogP contribution in [0.2, 0.25) is 0 Å². The first-order chi connectivity index (χ1) is 9.04. The van der Waals surface area contributed by atoms with Gasteiger partial charge in [0.15, 0.2) is 0 Å². The highest BCUT2D eigenvalue weighted by molar-refractivity contribution is 5.92. The summed E-state index contributed by atoms with van der Waals surface area (Å²) in [4.78, 5) is 16.6. The first kappa shape index (κ1) is 13.9. The lowest BCUT2D eigenvalue weighted by Crippen LogP contribution is -2.45. The van der Waals surface area contributed by atoms with E-state index in [-0.39, 0.29) is 5.97 Å². The summed E-state index contributed by atoms with van der Waals surface area (Å²) in [5.74, 6) is 0.879. The second kappa shape index (κ2) is 5.65. The average molecular weight is 265 g/mol. The fourth-order valence-corrected chi connectivity index (χ4v) is 2.44. The van der Waals surface area contributed by atoms with E-state index in [9.17, 15) is 4.79 Å². The molecule has 2 rings (SSSR count). The molecule has 0 bridgehead atoms. The number of rotatable bonds is 3. The summed E-state index contributed by atoms with van der Waals surface area (Å²) in [5.41, 5.74) is 1.64. The number of carbonyl (C=O) groups excluding carboxylic acids is 1. The van der Waals surface area contributed by atoms with Crippen LogP contribution in [0.4, 0.5) is 5.82 Å². The Bertz CT molecular complexity index is 460. The Kier molecular flexibility index (Phi) is 4.14. The van der Waals surface area contributed by atoms with Gasteiger partial charge in [0.25, 0.3) is 0 Å². The number of nitrogens with zero attached hydrogens (tertiary/aromatic N) is 3. The van der Waals surface area contributed by atoms with Gasteiger partial charge in [-0.2, -0.15) is 0 Å². The number of aromatic nitrogens is 1. The largest absolute Gasteiger partial charge is 0.462 e. The van der Waals surface area contributed by atoms with E-state index in [2.05, 4.69) is 21.4 Å². The third-order valence-electron chi connectivity index (χ3n) is 3.83. The summed E-state index contributed by atoms with van der Waals surface area (Å²) in [5, 5.41) is 0. The van der Waals surface area contributed by atoms with E-state index in [0.29, 0.717) is 12.2 Å². The zero-order chi connectivity index (χ0) is 14.0. The van der Waals surface area contributed by atoms with Crippen molar-refractivity contribution in [1.82, 2.24) is 9.47 Å². The zero-order valence-electron chi connectivity index (χ0n) is 12.3. The van der Waals surface area contributed by atoms with Crippen LogP contribution in [0.5, 0.6) is 0 Å². The smallest absolute Gasteiger partial charge is 0.340 e. The SMILES string of the molecule is CCOC(=O)c1cc(N2CCN(C)CC2)n(C)c1C. The molecule has 0 amide bonds. The molecule has 1 aromatic heterocycles. The van der Waals surface area contributed by atoms with Gasteiger partial charge in [-0.25, -0.2) is 4.79 Å². The summed E-state index contributed by atoms with van der Waals surface area (Å²) in [7, 11) is 4.14. The van der Waals surface area contributed by atoms with Gasteiger partial charge >= 0.3 is 5.97 Å². The van der Waals surface area contributed by atoms with Crippen LogP contribution < -0.4 is 4.90 Å². The van der Waals surface area contributed by atoms with Crippen LogP contribution in [-0.4, -0.2) is 55.3 Å². The molecule has 0 saturated carbocycles. The summed E-state index contributed by atoms with van der Waals surface area (Å²) in [6, 6.07) is 1.96. The monoisotopic (exact) mass is 265 g/mol. The number of anilines is 1. The minimum Gasteiger partial charge on any atom is -0.462 e. The topological polar surface area (TPSA) is 37.7 Å². The first-order valence-electron chi connectivity index (χ1n) is 6.81. The maximum atomic E-state index is 11.9. The summed E-state index contributed by atoms with van der Waals surface area (Å²) < 4.78 is 7.18. The van der Waals surface area contributed by atoms with Crippen LogP contribution in [0, 0.1) is 6.92 Å². The van der Waals surface area contributed by atoms with Gasteiger partial charge in [-0.05, 0) is 27.0 Å². The van der Waals surface area contributed by atoms with E-state index in [1.54, 1.807) is 0 Å². The Balaban J connectivity index is 2.22. The molecule has 5 nitrogen and oxygen atoms in total. The fraction of sp³-hybridized carbons (Fsp3) is 0.643. The maximum absolute atomic E-state index is 11.9. The van der Waals surface area contributed by atoms with Crippen LogP contribution >= 0.6 is 0 Å². The van der Waals surface area contributed by atoms with E-state index < -0.39 is 0 Å². The molecule has 1 fully saturated rings. The molecule has 1 aliphatic rings. The van der Waals surface area contributed by atoms with Crippen molar-refractivity contribution in [2.75, 3.05) is 44.7 Å². The van der Waals surface area contributed by atoms with Crippen molar-refractivity contribution in [3.8, 4) is 0 Å². The van der Waals surface area contributed by atoms with Crippen LogP contribution in [-0.2, 0) is 11.8 Å². The van der Waals surface area contributed by atoms with Crippen molar-refractivity contribution in [2.45, 2.75) is 13.8 Å². The molecule has 5 heteroatoms. The molecule has 0 atom stereocenters. The molecular weight excluding hydrogens is 242 g/mol. The molecule has 1 saturated heterocycles. The highest BCUT2D eigenvalue weighted by atomic mass is 16.5. The summed E-state index contributed by atoms with van der Waals surface area (Å²) >= 11 is 0. The van der Waals surface area contributed by atoms with E-state index in [0.717, 1.165) is 37.7 Å². The van der Waals surface area contributed by atoms with Crippen molar-refractivity contribution in [3.63, 3.8) is 0 Å². The number of ether oxygens (including phenoxy) is 1. The normalized spacial score (nSPS) is 16.7. The molecule has 0 radical (unpaired) electrons. The van der Waals surface area contributed by atoms with Crippen LogP contribution in [0.25, 0.3) is 0 Å². The molecule has 0 spiro atoms. The molecule has 0 N–H and O–H groups in total. The van der Waals surface area contributed by atoms with Gasteiger partial charge in [0, 0.05) is 38.9 Å². The van der Waals surface area contributed by atoms with Crippen molar-refractivity contribution < 1.29 is 9.53 Å². The lowest BCUT2D eigenvalue weighted by molar-refractivity contribution is 0.0525. The molecule has 0 aromatic carbocycles. The predicted molar refractivity (Wildman–Crippen MR) is 75.8 cm³/mol. The van der Waals surface area contributed by atoms with Crippen molar-refractivity contribution in [3.05, 3.63) is 17.3 Å². The molecule has 2 heterocycles. The molecule has 1 aliphatic heterocycles. The lowest BCUT2D eigenvalue weighted by atomic mass is 10.2. The summed E-state index contributed by atoms with van der Waals surface area (Å²) in [6.45, 7) is 8.31. The molecule has 0 unspecified atom stereocenters. The standard InChI is InChI=1S/C14H23N3O2/c1-5-19-14(18)12-10-13(16(4)11(12)2)17-8-6-15(3)7-9-17/h10H,5-9H2,1-4H3. The number of likely N-dealkylation sites (N-methyl/N-ethyl adjacent to an activating group) is 1. The highest BCUT2D eigenvalue weighted by Crippen LogP contribution is 2.24. The highest BCUT2D eigenvalue weighted by Gasteiger charge is 2.22. The van der Waals surface area contributed by atoms with Crippen molar-refractivity contribution >= 4 is 11.8 Å². The van der Waals surface area contributed by atoms with Gasteiger partial charge in [-0.3, -0.25) is 0 Å². The molecule has 1 aromatic rings. The Morgan fingerprint density at radius 3 is 2.47 bits per heavy atom. The van der Waals surface area contributed by atoms with E-state index >= 15 is 0 Å². The van der Waals surface area contributed by atoms with Crippen molar-refractivity contribution in [2.24, 2.45) is 7.05 Å².